The molecule has 0 aliphatic rings. The minimum atomic E-state index is -3.80. The maximum absolute atomic E-state index is 11.2. The van der Waals surface area contributed by atoms with E-state index >= 15 is 0 Å². The van der Waals surface area contributed by atoms with E-state index in [2.05, 4.69) is 15.3 Å². The van der Waals surface area contributed by atoms with Crippen LogP contribution < -0.4 is 16.2 Å². The number of benzene rings is 1. The van der Waals surface area contributed by atoms with Crippen LogP contribution in [0, 0.1) is 6.92 Å². The highest BCUT2D eigenvalue weighted by Gasteiger charge is 2.12. The number of aromatic nitrogens is 2. The van der Waals surface area contributed by atoms with Crippen molar-refractivity contribution in [1.29, 1.82) is 0 Å². The quantitative estimate of drug-likeness (QED) is 0.710. The molecule has 1 aromatic carbocycles. The van der Waals surface area contributed by atoms with Gasteiger partial charge in [0.15, 0.2) is 0 Å². The first-order chi connectivity index (χ1) is 9.36. The Balaban J connectivity index is 2.14. The second-order valence-electron chi connectivity index (χ2n) is 4.25. The molecule has 0 saturated carbocycles. The van der Waals surface area contributed by atoms with Crippen LogP contribution in [0.1, 0.15) is 11.5 Å². The fourth-order valence-corrected chi connectivity index (χ4v) is 2.36. The lowest BCUT2D eigenvalue weighted by molar-refractivity contribution is 0.598. The number of anilines is 2. The molecule has 2 rings (SSSR count). The average Bonchev–Trinajstić information content (AvgIpc) is 2.35. The van der Waals surface area contributed by atoms with Crippen molar-refractivity contribution in [3.63, 3.8) is 0 Å². The van der Waals surface area contributed by atoms with Gasteiger partial charge in [-0.15, -0.1) is 0 Å². The first kappa shape index (κ1) is 14.2. The van der Waals surface area contributed by atoms with Crippen molar-refractivity contribution in [3.05, 3.63) is 42.0 Å². The molecule has 2 aromatic rings. The van der Waals surface area contributed by atoms with Crippen molar-refractivity contribution in [3.8, 4) is 0 Å². The number of aryl methyl sites for hydroxylation is 1. The van der Waals surface area contributed by atoms with Crippen LogP contribution in [0.2, 0.25) is 0 Å². The molecule has 5 N–H and O–H groups in total. The van der Waals surface area contributed by atoms with E-state index in [1.54, 1.807) is 18.3 Å². The Bertz CT molecular complexity index is 730. The molecule has 0 bridgehead atoms. The molecule has 8 heteroatoms. The summed E-state index contributed by atoms with van der Waals surface area (Å²) < 4.78 is 22.5. The number of nitrogen functional groups attached to an aromatic ring is 1. The maximum Gasteiger partial charge on any atom is 0.240 e. The SMILES string of the molecule is Cc1nccc(CNc2ccc(S(N)(=O)=O)c(N)c2)n1. The van der Waals surface area contributed by atoms with Crippen molar-refractivity contribution in [2.45, 2.75) is 18.4 Å². The van der Waals surface area contributed by atoms with E-state index in [-0.39, 0.29) is 10.6 Å². The summed E-state index contributed by atoms with van der Waals surface area (Å²) in [7, 11) is -3.80. The van der Waals surface area contributed by atoms with E-state index in [1.165, 1.54) is 12.1 Å². The second kappa shape index (κ2) is 5.43. The molecule has 106 valence electrons. The molecule has 1 aromatic heterocycles. The van der Waals surface area contributed by atoms with Gasteiger partial charge in [-0.05, 0) is 31.2 Å². The van der Waals surface area contributed by atoms with Gasteiger partial charge < -0.3 is 11.1 Å². The molecule has 0 aliphatic carbocycles. The zero-order valence-corrected chi connectivity index (χ0v) is 11.7. The fraction of sp³-hybridized carbons (Fsp3) is 0.167. The van der Waals surface area contributed by atoms with Crippen LogP contribution >= 0.6 is 0 Å². The molecule has 0 radical (unpaired) electrons. The minimum Gasteiger partial charge on any atom is -0.398 e. The largest absolute Gasteiger partial charge is 0.398 e. The molecule has 0 saturated heterocycles. The van der Waals surface area contributed by atoms with Gasteiger partial charge >= 0.3 is 0 Å². The van der Waals surface area contributed by atoms with Crippen LogP contribution in [0.3, 0.4) is 0 Å². The smallest absolute Gasteiger partial charge is 0.240 e. The highest BCUT2D eigenvalue weighted by Crippen LogP contribution is 2.21. The van der Waals surface area contributed by atoms with Gasteiger partial charge in [0.1, 0.15) is 10.7 Å². The summed E-state index contributed by atoms with van der Waals surface area (Å²) in [6, 6.07) is 6.29. The van der Waals surface area contributed by atoms with Gasteiger partial charge in [0.2, 0.25) is 10.0 Å². The lowest BCUT2D eigenvalue weighted by Gasteiger charge is -2.09. The molecular weight excluding hydrogens is 278 g/mol. The Morgan fingerprint density at radius 3 is 2.65 bits per heavy atom. The maximum atomic E-state index is 11.2. The molecule has 1 heterocycles. The van der Waals surface area contributed by atoms with Gasteiger partial charge in [-0.1, -0.05) is 0 Å². The molecule has 0 aliphatic heterocycles. The third kappa shape index (κ3) is 3.43. The molecule has 0 fully saturated rings. The van der Waals surface area contributed by atoms with Gasteiger partial charge in [0, 0.05) is 11.9 Å². The number of hydrogen-bond acceptors (Lipinski definition) is 6. The lowest BCUT2D eigenvalue weighted by atomic mass is 10.2. The number of nitrogens with one attached hydrogen (secondary N) is 1. The number of sulfonamides is 1. The van der Waals surface area contributed by atoms with E-state index in [9.17, 15) is 8.42 Å². The zero-order chi connectivity index (χ0) is 14.8. The van der Waals surface area contributed by atoms with Gasteiger partial charge in [0.05, 0.1) is 17.9 Å². The predicted octanol–water partition coefficient (Wildman–Crippen LogP) is 0.627. The second-order valence-corrected chi connectivity index (χ2v) is 5.78. The molecule has 20 heavy (non-hydrogen) atoms. The first-order valence-corrected chi connectivity index (χ1v) is 7.35. The summed E-state index contributed by atoms with van der Waals surface area (Å²) in [5.41, 5.74) is 7.30. The first-order valence-electron chi connectivity index (χ1n) is 5.81. The van der Waals surface area contributed by atoms with Crippen molar-refractivity contribution in [1.82, 2.24) is 9.97 Å². The Kier molecular flexibility index (Phi) is 3.86. The zero-order valence-electron chi connectivity index (χ0n) is 10.9. The topological polar surface area (TPSA) is 124 Å². The number of nitrogens with two attached hydrogens (primary N) is 2. The van der Waals surface area contributed by atoms with Crippen molar-refractivity contribution < 1.29 is 8.42 Å². The number of rotatable bonds is 4. The molecule has 0 atom stereocenters. The van der Waals surface area contributed by atoms with Gasteiger partial charge in [-0.3, -0.25) is 0 Å². The average molecular weight is 293 g/mol. The normalized spacial score (nSPS) is 11.3. The molecular formula is C12H15N5O2S. The summed E-state index contributed by atoms with van der Waals surface area (Å²) in [4.78, 5) is 8.17. The monoisotopic (exact) mass is 293 g/mol. The summed E-state index contributed by atoms with van der Waals surface area (Å²) in [5, 5.41) is 8.15. The lowest BCUT2D eigenvalue weighted by Crippen LogP contribution is -2.14. The van der Waals surface area contributed by atoms with Gasteiger partial charge in [0.25, 0.3) is 0 Å². The summed E-state index contributed by atoms with van der Waals surface area (Å²) in [6.45, 7) is 2.29. The van der Waals surface area contributed by atoms with Crippen LogP contribution in [0.25, 0.3) is 0 Å². The van der Waals surface area contributed by atoms with Crippen molar-refractivity contribution in [2.24, 2.45) is 5.14 Å². The minimum absolute atomic E-state index is 0.0825. The van der Waals surface area contributed by atoms with Crippen molar-refractivity contribution in [2.75, 3.05) is 11.1 Å². The number of primary sulfonamides is 1. The van der Waals surface area contributed by atoms with Crippen LogP contribution in [0.4, 0.5) is 11.4 Å². The Morgan fingerprint density at radius 1 is 1.30 bits per heavy atom. The summed E-state index contributed by atoms with van der Waals surface area (Å²) in [6.07, 6.45) is 1.68. The Hall–Kier alpha value is -2.19. The van der Waals surface area contributed by atoms with E-state index in [0.29, 0.717) is 18.1 Å². The van der Waals surface area contributed by atoms with Crippen LogP contribution in [0.5, 0.6) is 0 Å². The highest BCUT2D eigenvalue weighted by atomic mass is 32.2. The fourth-order valence-electron chi connectivity index (χ4n) is 1.71. The van der Waals surface area contributed by atoms with Crippen LogP contribution in [-0.2, 0) is 16.6 Å². The van der Waals surface area contributed by atoms with E-state index < -0.39 is 10.0 Å². The van der Waals surface area contributed by atoms with Gasteiger partial charge in [-0.2, -0.15) is 0 Å². The third-order valence-electron chi connectivity index (χ3n) is 2.62. The Morgan fingerprint density at radius 2 is 2.05 bits per heavy atom. The third-order valence-corrected chi connectivity index (χ3v) is 3.61. The molecule has 7 nitrogen and oxygen atoms in total. The molecule has 0 amide bonds. The van der Waals surface area contributed by atoms with Gasteiger partial charge in [-0.25, -0.2) is 23.5 Å². The molecule has 0 unspecified atom stereocenters. The van der Waals surface area contributed by atoms with E-state index in [1.807, 2.05) is 6.92 Å². The van der Waals surface area contributed by atoms with E-state index in [4.69, 9.17) is 10.9 Å². The Labute approximate surface area is 117 Å². The number of hydrogen-bond donors (Lipinski definition) is 3. The van der Waals surface area contributed by atoms with Crippen LogP contribution in [0.15, 0.2) is 35.4 Å². The standard InChI is InChI=1S/C12H15N5O2S/c1-8-15-5-4-10(17-8)7-16-9-2-3-12(11(13)6-9)20(14,18)19/h2-6,16H,7,13H2,1H3,(H2,14,18,19). The van der Waals surface area contributed by atoms with E-state index in [0.717, 1.165) is 5.69 Å². The predicted molar refractivity (Wildman–Crippen MR) is 76.3 cm³/mol. The molecule has 0 spiro atoms. The van der Waals surface area contributed by atoms with Crippen molar-refractivity contribution >= 4 is 21.4 Å². The number of nitrogens with zero attached hydrogens (tertiary/aromatic N) is 2. The van der Waals surface area contributed by atoms with Crippen LogP contribution in [-0.4, -0.2) is 18.4 Å². The summed E-state index contributed by atoms with van der Waals surface area (Å²) in [5.74, 6) is 0.688. The highest BCUT2D eigenvalue weighted by molar-refractivity contribution is 7.89. The summed E-state index contributed by atoms with van der Waals surface area (Å²) >= 11 is 0.